The summed E-state index contributed by atoms with van der Waals surface area (Å²) in [5.74, 6) is 0.557. The van der Waals surface area contributed by atoms with Gasteiger partial charge in [-0.3, -0.25) is 0 Å². The maximum Gasteiger partial charge on any atom is 0.159 e. The van der Waals surface area contributed by atoms with E-state index in [-0.39, 0.29) is 6.54 Å². The lowest BCUT2D eigenvalue weighted by molar-refractivity contribution is 0.0776. The van der Waals surface area contributed by atoms with Crippen molar-refractivity contribution in [1.82, 2.24) is 9.55 Å². The van der Waals surface area contributed by atoms with Crippen LogP contribution in [0.5, 0.6) is 0 Å². The fourth-order valence-electron chi connectivity index (χ4n) is 1.82. The highest BCUT2D eigenvalue weighted by Crippen LogP contribution is 2.26. The number of benzene rings is 1. The van der Waals surface area contributed by atoms with Gasteiger partial charge in [-0.2, -0.15) is 0 Å². The SMILES string of the molecule is Cn1ccnc1C(O)(CN)c1ccccc1. The van der Waals surface area contributed by atoms with Gasteiger partial charge in [0.15, 0.2) is 5.60 Å². The summed E-state index contributed by atoms with van der Waals surface area (Å²) >= 11 is 0. The molecule has 2 rings (SSSR count). The molecule has 16 heavy (non-hydrogen) atoms. The van der Waals surface area contributed by atoms with Gasteiger partial charge in [0, 0.05) is 26.0 Å². The maximum atomic E-state index is 10.6. The van der Waals surface area contributed by atoms with E-state index < -0.39 is 5.60 Å². The van der Waals surface area contributed by atoms with E-state index in [1.54, 1.807) is 17.0 Å². The summed E-state index contributed by atoms with van der Waals surface area (Å²) in [5.41, 5.74) is 5.23. The monoisotopic (exact) mass is 217 g/mol. The largest absolute Gasteiger partial charge is 0.376 e. The summed E-state index contributed by atoms with van der Waals surface area (Å²) in [4.78, 5) is 4.17. The predicted octanol–water partition coefficient (Wildman–Crippen LogP) is 0.615. The highest BCUT2D eigenvalue weighted by Gasteiger charge is 2.33. The van der Waals surface area contributed by atoms with Gasteiger partial charge >= 0.3 is 0 Å². The summed E-state index contributed by atoms with van der Waals surface area (Å²) in [6, 6.07) is 9.35. The zero-order chi connectivity index (χ0) is 11.6. The normalized spacial score (nSPS) is 14.7. The Labute approximate surface area is 94.4 Å². The highest BCUT2D eigenvalue weighted by atomic mass is 16.3. The smallest absolute Gasteiger partial charge is 0.159 e. The summed E-state index contributed by atoms with van der Waals surface area (Å²) in [6.45, 7) is 0.0991. The molecule has 1 heterocycles. The molecule has 0 aliphatic rings. The third-order valence-corrected chi connectivity index (χ3v) is 2.74. The van der Waals surface area contributed by atoms with E-state index in [0.29, 0.717) is 5.82 Å². The Morgan fingerprint density at radius 1 is 1.38 bits per heavy atom. The molecule has 0 bridgehead atoms. The molecule has 0 spiro atoms. The van der Waals surface area contributed by atoms with Gasteiger partial charge in [-0.1, -0.05) is 30.3 Å². The van der Waals surface area contributed by atoms with Crippen molar-refractivity contribution in [2.45, 2.75) is 5.60 Å². The first-order valence-electron chi connectivity index (χ1n) is 5.14. The second-order valence-corrected chi connectivity index (χ2v) is 3.79. The molecule has 0 radical (unpaired) electrons. The van der Waals surface area contributed by atoms with Crippen LogP contribution in [0.1, 0.15) is 11.4 Å². The van der Waals surface area contributed by atoms with Gasteiger partial charge in [0.1, 0.15) is 5.82 Å². The number of rotatable bonds is 3. The first kappa shape index (κ1) is 10.9. The van der Waals surface area contributed by atoms with Crippen molar-refractivity contribution in [1.29, 1.82) is 0 Å². The summed E-state index contributed by atoms with van der Waals surface area (Å²) in [6.07, 6.45) is 3.44. The average Bonchev–Trinajstić information content (AvgIpc) is 2.76. The molecule has 0 saturated heterocycles. The lowest BCUT2D eigenvalue weighted by atomic mass is 9.93. The van der Waals surface area contributed by atoms with Crippen LogP contribution in [0.4, 0.5) is 0 Å². The van der Waals surface area contributed by atoms with Gasteiger partial charge in [0.25, 0.3) is 0 Å². The van der Waals surface area contributed by atoms with Crippen LogP contribution < -0.4 is 5.73 Å². The van der Waals surface area contributed by atoms with E-state index in [9.17, 15) is 5.11 Å². The van der Waals surface area contributed by atoms with Gasteiger partial charge in [-0.25, -0.2) is 4.98 Å². The zero-order valence-electron chi connectivity index (χ0n) is 9.17. The Kier molecular flexibility index (Phi) is 2.77. The van der Waals surface area contributed by atoms with Crippen molar-refractivity contribution in [3.63, 3.8) is 0 Å². The first-order valence-corrected chi connectivity index (χ1v) is 5.14. The molecule has 1 aromatic heterocycles. The number of aromatic nitrogens is 2. The van der Waals surface area contributed by atoms with Crippen LogP contribution in [0.25, 0.3) is 0 Å². The fourth-order valence-corrected chi connectivity index (χ4v) is 1.82. The quantitative estimate of drug-likeness (QED) is 0.792. The Morgan fingerprint density at radius 2 is 2.06 bits per heavy atom. The minimum Gasteiger partial charge on any atom is -0.376 e. The first-order chi connectivity index (χ1) is 7.68. The van der Waals surface area contributed by atoms with Crippen LogP contribution in [-0.2, 0) is 12.6 Å². The van der Waals surface area contributed by atoms with Gasteiger partial charge < -0.3 is 15.4 Å². The molecule has 2 aromatic rings. The molecular weight excluding hydrogens is 202 g/mol. The van der Waals surface area contributed by atoms with E-state index in [1.807, 2.05) is 37.4 Å². The van der Waals surface area contributed by atoms with Gasteiger partial charge in [0.2, 0.25) is 0 Å². The molecule has 3 N–H and O–H groups in total. The van der Waals surface area contributed by atoms with Crippen LogP contribution in [-0.4, -0.2) is 21.2 Å². The third kappa shape index (κ3) is 1.62. The van der Waals surface area contributed by atoms with Crippen LogP contribution in [0.3, 0.4) is 0 Å². The molecule has 1 atom stereocenters. The second-order valence-electron chi connectivity index (χ2n) is 3.79. The lowest BCUT2D eigenvalue weighted by Gasteiger charge is -2.26. The van der Waals surface area contributed by atoms with Crippen LogP contribution in [0.2, 0.25) is 0 Å². The predicted molar refractivity (Wildman–Crippen MR) is 61.7 cm³/mol. The Bertz CT molecular complexity index is 466. The van der Waals surface area contributed by atoms with Gasteiger partial charge in [0.05, 0.1) is 0 Å². The lowest BCUT2D eigenvalue weighted by Crippen LogP contribution is -2.38. The van der Waals surface area contributed by atoms with Crippen molar-refractivity contribution in [3.8, 4) is 0 Å². The summed E-state index contributed by atoms with van der Waals surface area (Å²) < 4.78 is 1.78. The summed E-state index contributed by atoms with van der Waals surface area (Å²) in [5, 5.41) is 10.6. The Hall–Kier alpha value is -1.65. The molecule has 4 heteroatoms. The molecule has 84 valence electrons. The van der Waals surface area contributed by atoms with Crippen molar-refractivity contribution < 1.29 is 5.11 Å². The standard InChI is InChI=1S/C12H15N3O/c1-15-8-7-14-11(15)12(16,9-13)10-5-3-2-4-6-10/h2-8,16H,9,13H2,1H3. The van der Waals surface area contributed by atoms with Crippen molar-refractivity contribution in [2.75, 3.05) is 6.54 Å². The molecule has 0 aliphatic heterocycles. The molecule has 0 fully saturated rings. The van der Waals surface area contributed by atoms with Gasteiger partial charge in [-0.15, -0.1) is 0 Å². The van der Waals surface area contributed by atoms with Crippen LogP contribution in [0.15, 0.2) is 42.7 Å². The molecular formula is C12H15N3O. The molecule has 1 unspecified atom stereocenters. The molecule has 1 aromatic carbocycles. The minimum absolute atomic E-state index is 0.0991. The fraction of sp³-hybridized carbons (Fsp3) is 0.250. The second kappa shape index (κ2) is 4.08. The third-order valence-electron chi connectivity index (χ3n) is 2.74. The number of hydrogen-bond acceptors (Lipinski definition) is 3. The topological polar surface area (TPSA) is 64.1 Å². The molecule has 0 aliphatic carbocycles. The molecule has 4 nitrogen and oxygen atoms in total. The van der Waals surface area contributed by atoms with Crippen LogP contribution >= 0.6 is 0 Å². The number of nitrogens with two attached hydrogens (primary N) is 1. The molecule has 0 saturated carbocycles. The zero-order valence-corrected chi connectivity index (χ0v) is 9.17. The van der Waals surface area contributed by atoms with Crippen molar-refractivity contribution >= 4 is 0 Å². The number of hydrogen-bond donors (Lipinski definition) is 2. The van der Waals surface area contributed by atoms with Crippen molar-refractivity contribution in [3.05, 3.63) is 54.1 Å². The Morgan fingerprint density at radius 3 is 2.56 bits per heavy atom. The van der Waals surface area contributed by atoms with E-state index in [4.69, 9.17) is 5.73 Å². The van der Waals surface area contributed by atoms with Crippen molar-refractivity contribution in [2.24, 2.45) is 12.8 Å². The number of nitrogens with zero attached hydrogens (tertiary/aromatic N) is 2. The highest BCUT2D eigenvalue weighted by molar-refractivity contribution is 5.30. The number of aryl methyl sites for hydroxylation is 1. The summed E-state index contributed by atoms with van der Waals surface area (Å²) in [7, 11) is 1.84. The number of imidazole rings is 1. The van der Waals surface area contributed by atoms with E-state index in [2.05, 4.69) is 4.98 Å². The average molecular weight is 217 g/mol. The number of aliphatic hydroxyl groups is 1. The van der Waals surface area contributed by atoms with E-state index in [1.165, 1.54) is 0 Å². The minimum atomic E-state index is -1.22. The van der Waals surface area contributed by atoms with Gasteiger partial charge in [-0.05, 0) is 5.56 Å². The molecule has 0 amide bonds. The van der Waals surface area contributed by atoms with E-state index >= 15 is 0 Å². The Balaban J connectivity index is 2.53. The van der Waals surface area contributed by atoms with E-state index in [0.717, 1.165) is 5.56 Å². The maximum absolute atomic E-state index is 10.6. The van der Waals surface area contributed by atoms with Crippen LogP contribution in [0, 0.1) is 0 Å².